The predicted octanol–water partition coefficient (Wildman–Crippen LogP) is 4.82. The molecule has 7 heteroatoms. The Kier molecular flexibility index (Phi) is 6.11. The predicted molar refractivity (Wildman–Crippen MR) is 124 cm³/mol. The number of nitrogens with one attached hydrogen (secondary N) is 1. The van der Waals surface area contributed by atoms with E-state index in [0.29, 0.717) is 29.2 Å². The standard InChI is InChI=1S/C24H32N2O4S/c1-15(2)13-26-20-12-19(8-9-21(20)30-14-24(6,7)23(26)27)25-31(28,29)22-11-17(4)16(3)10-18(22)5/h8-12,15,25H,13-14H2,1-7H3. The maximum absolute atomic E-state index is 13.2. The Hall–Kier alpha value is -2.54. The maximum atomic E-state index is 13.2. The summed E-state index contributed by atoms with van der Waals surface area (Å²) in [6, 6.07) is 8.65. The highest BCUT2D eigenvalue weighted by Gasteiger charge is 2.38. The summed E-state index contributed by atoms with van der Waals surface area (Å²) in [4.78, 5) is 15.2. The first-order valence-corrected chi connectivity index (χ1v) is 12.0. The smallest absolute Gasteiger partial charge is 0.262 e. The second kappa shape index (κ2) is 8.19. The minimum atomic E-state index is -3.79. The fourth-order valence-corrected chi connectivity index (χ4v) is 5.05. The van der Waals surface area contributed by atoms with Gasteiger partial charge in [-0.15, -0.1) is 0 Å². The first kappa shape index (κ1) is 23.1. The third-order valence-electron chi connectivity index (χ3n) is 5.54. The number of aryl methyl sites for hydroxylation is 3. The van der Waals surface area contributed by atoms with Gasteiger partial charge in [-0.2, -0.15) is 0 Å². The number of hydrogen-bond acceptors (Lipinski definition) is 4. The molecule has 0 saturated carbocycles. The van der Waals surface area contributed by atoms with Gasteiger partial charge in [0, 0.05) is 6.54 Å². The number of carbonyl (C=O) groups is 1. The lowest BCUT2D eigenvalue weighted by Crippen LogP contribution is -2.43. The van der Waals surface area contributed by atoms with Crippen LogP contribution < -0.4 is 14.4 Å². The molecule has 3 rings (SSSR count). The fourth-order valence-electron chi connectivity index (χ4n) is 3.69. The van der Waals surface area contributed by atoms with E-state index in [1.54, 1.807) is 36.1 Å². The van der Waals surface area contributed by atoms with E-state index >= 15 is 0 Å². The van der Waals surface area contributed by atoms with Gasteiger partial charge in [-0.3, -0.25) is 9.52 Å². The largest absolute Gasteiger partial charge is 0.490 e. The zero-order valence-corrected chi connectivity index (χ0v) is 20.2. The first-order chi connectivity index (χ1) is 14.3. The molecule has 0 atom stereocenters. The van der Waals surface area contributed by atoms with Crippen LogP contribution in [-0.2, 0) is 14.8 Å². The molecule has 1 aliphatic rings. The van der Waals surface area contributed by atoms with E-state index in [1.165, 1.54) is 0 Å². The van der Waals surface area contributed by atoms with E-state index in [1.807, 2.05) is 47.6 Å². The molecule has 1 heterocycles. The Morgan fingerprint density at radius 3 is 2.35 bits per heavy atom. The summed E-state index contributed by atoms with van der Waals surface area (Å²) in [5.74, 6) is 0.777. The van der Waals surface area contributed by atoms with Crippen LogP contribution in [0.5, 0.6) is 5.75 Å². The van der Waals surface area contributed by atoms with Crippen molar-refractivity contribution in [2.45, 2.75) is 53.4 Å². The van der Waals surface area contributed by atoms with Crippen molar-refractivity contribution in [3.63, 3.8) is 0 Å². The molecule has 0 unspecified atom stereocenters. The number of carbonyl (C=O) groups excluding carboxylic acids is 1. The number of ether oxygens (including phenoxy) is 1. The van der Waals surface area contributed by atoms with E-state index in [2.05, 4.69) is 4.72 Å². The van der Waals surface area contributed by atoms with Crippen LogP contribution in [0.3, 0.4) is 0 Å². The normalized spacial score (nSPS) is 16.0. The summed E-state index contributed by atoms with van der Waals surface area (Å²) in [6.07, 6.45) is 0. The summed E-state index contributed by atoms with van der Waals surface area (Å²) >= 11 is 0. The molecule has 2 aromatic carbocycles. The molecule has 0 fully saturated rings. The van der Waals surface area contributed by atoms with E-state index in [-0.39, 0.29) is 23.3 Å². The molecule has 6 nitrogen and oxygen atoms in total. The molecule has 1 aliphatic heterocycles. The average molecular weight is 445 g/mol. The number of anilines is 2. The van der Waals surface area contributed by atoms with Crippen molar-refractivity contribution in [3.8, 4) is 5.75 Å². The molecule has 1 N–H and O–H groups in total. The second-order valence-electron chi connectivity index (χ2n) is 9.47. The van der Waals surface area contributed by atoms with Gasteiger partial charge >= 0.3 is 0 Å². The second-order valence-corrected chi connectivity index (χ2v) is 11.1. The van der Waals surface area contributed by atoms with Gasteiger partial charge in [0.1, 0.15) is 12.4 Å². The van der Waals surface area contributed by atoms with Crippen molar-refractivity contribution >= 4 is 27.3 Å². The van der Waals surface area contributed by atoms with E-state index in [9.17, 15) is 13.2 Å². The third kappa shape index (κ3) is 4.71. The van der Waals surface area contributed by atoms with Crippen molar-refractivity contribution in [1.82, 2.24) is 0 Å². The number of sulfonamides is 1. The molecule has 0 radical (unpaired) electrons. The van der Waals surface area contributed by atoms with Crippen LogP contribution in [0.1, 0.15) is 44.4 Å². The van der Waals surface area contributed by atoms with Gasteiger partial charge in [-0.1, -0.05) is 19.9 Å². The molecule has 0 aromatic heterocycles. The zero-order chi connectivity index (χ0) is 23.1. The molecule has 31 heavy (non-hydrogen) atoms. The summed E-state index contributed by atoms with van der Waals surface area (Å²) in [5.41, 5.74) is 2.94. The highest BCUT2D eigenvalue weighted by Crippen LogP contribution is 2.39. The fraction of sp³-hybridized carbons (Fsp3) is 0.458. The summed E-state index contributed by atoms with van der Waals surface area (Å²) in [6.45, 7) is 14.2. The number of benzene rings is 2. The topological polar surface area (TPSA) is 75.7 Å². The van der Waals surface area contributed by atoms with Crippen molar-refractivity contribution in [2.75, 3.05) is 22.8 Å². The molecule has 2 aromatic rings. The van der Waals surface area contributed by atoms with Crippen LogP contribution >= 0.6 is 0 Å². The zero-order valence-electron chi connectivity index (χ0n) is 19.4. The Morgan fingerprint density at radius 1 is 1.06 bits per heavy atom. The lowest BCUT2D eigenvalue weighted by atomic mass is 9.92. The third-order valence-corrected chi connectivity index (χ3v) is 7.07. The maximum Gasteiger partial charge on any atom is 0.262 e. The van der Waals surface area contributed by atoms with Gasteiger partial charge in [0.25, 0.3) is 10.0 Å². The van der Waals surface area contributed by atoms with Crippen molar-refractivity contribution in [2.24, 2.45) is 11.3 Å². The molecular weight excluding hydrogens is 412 g/mol. The summed E-state index contributed by atoms with van der Waals surface area (Å²) in [5, 5.41) is 0. The molecule has 0 saturated heterocycles. The van der Waals surface area contributed by atoms with E-state index < -0.39 is 15.4 Å². The lowest BCUT2D eigenvalue weighted by Gasteiger charge is -2.29. The number of fused-ring (bicyclic) bond motifs is 1. The van der Waals surface area contributed by atoms with Crippen LogP contribution in [0.2, 0.25) is 0 Å². The lowest BCUT2D eigenvalue weighted by molar-refractivity contribution is -0.127. The number of rotatable bonds is 5. The van der Waals surface area contributed by atoms with Gasteiger partial charge in [0.2, 0.25) is 5.91 Å². The quantitative estimate of drug-likeness (QED) is 0.717. The Labute approximate surface area is 185 Å². The molecule has 1 amide bonds. The van der Waals surface area contributed by atoms with Crippen LogP contribution in [-0.4, -0.2) is 27.5 Å². The van der Waals surface area contributed by atoms with Gasteiger partial charge in [0.05, 0.1) is 21.7 Å². The van der Waals surface area contributed by atoms with E-state index in [0.717, 1.165) is 11.1 Å². The van der Waals surface area contributed by atoms with E-state index in [4.69, 9.17) is 4.74 Å². The van der Waals surface area contributed by atoms with Gasteiger partial charge in [-0.25, -0.2) is 8.42 Å². The SMILES string of the molecule is Cc1cc(C)c(S(=O)(=O)Nc2ccc3c(c2)N(CC(C)C)C(=O)C(C)(C)CO3)cc1C. The van der Waals surface area contributed by atoms with Crippen molar-refractivity contribution in [1.29, 1.82) is 0 Å². The number of nitrogens with zero attached hydrogens (tertiary/aromatic N) is 1. The van der Waals surface area contributed by atoms with Crippen LogP contribution in [0.25, 0.3) is 0 Å². The van der Waals surface area contributed by atoms with Crippen LogP contribution in [0.4, 0.5) is 11.4 Å². The summed E-state index contributed by atoms with van der Waals surface area (Å²) < 4.78 is 34.9. The number of hydrogen-bond donors (Lipinski definition) is 1. The van der Waals surface area contributed by atoms with Crippen LogP contribution in [0, 0.1) is 32.1 Å². The highest BCUT2D eigenvalue weighted by atomic mass is 32.2. The first-order valence-electron chi connectivity index (χ1n) is 10.5. The number of amides is 1. The highest BCUT2D eigenvalue weighted by molar-refractivity contribution is 7.92. The Bertz CT molecular complexity index is 1120. The van der Waals surface area contributed by atoms with Gasteiger partial charge in [-0.05, 0) is 81.5 Å². The average Bonchev–Trinajstić information content (AvgIpc) is 2.74. The minimum Gasteiger partial charge on any atom is -0.490 e. The molecule has 0 aliphatic carbocycles. The molecule has 0 spiro atoms. The molecule has 0 bridgehead atoms. The van der Waals surface area contributed by atoms with Crippen molar-refractivity contribution < 1.29 is 17.9 Å². The summed E-state index contributed by atoms with van der Waals surface area (Å²) in [7, 11) is -3.79. The van der Waals surface area contributed by atoms with Gasteiger partial charge in [0.15, 0.2) is 0 Å². The minimum absolute atomic E-state index is 0.0371. The molecular formula is C24H32N2O4S. The Morgan fingerprint density at radius 2 is 1.71 bits per heavy atom. The Balaban J connectivity index is 2.03. The van der Waals surface area contributed by atoms with Crippen LogP contribution in [0.15, 0.2) is 35.2 Å². The molecule has 168 valence electrons. The van der Waals surface area contributed by atoms with Gasteiger partial charge < -0.3 is 9.64 Å². The monoisotopic (exact) mass is 444 g/mol. The van der Waals surface area contributed by atoms with Crippen molar-refractivity contribution in [3.05, 3.63) is 47.0 Å².